The number of aromatic amines is 1. The van der Waals surface area contributed by atoms with Gasteiger partial charge in [0.15, 0.2) is 5.76 Å². The van der Waals surface area contributed by atoms with Gasteiger partial charge in [0, 0.05) is 30.2 Å². The number of rotatable bonds is 2. The van der Waals surface area contributed by atoms with Crippen LogP contribution in [0.4, 0.5) is 0 Å². The number of hydrogen-bond acceptors (Lipinski definition) is 2. The summed E-state index contributed by atoms with van der Waals surface area (Å²) in [5.41, 5.74) is 2.56. The molecule has 1 aromatic carbocycles. The second-order valence-corrected chi connectivity index (χ2v) is 5.83. The van der Waals surface area contributed by atoms with Crippen LogP contribution in [-0.2, 0) is 0 Å². The summed E-state index contributed by atoms with van der Waals surface area (Å²) in [5, 5.41) is 1.30. The fraction of sp³-hybridized carbons (Fsp3) is 0.278. The first-order valence-electron chi connectivity index (χ1n) is 7.72. The predicted octanol–water partition coefficient (Wildman–Crippen LogP) is 3.78. The quantitative estimate of drug-likeness (QED) is 0.782. The van der Waals surface area contributed by atoms with Gasteiger partial charge >= 0.3 is 0 Å². The van der Waals surface area contributed by atoms with Gasteiger partial charge in [0.05, 0.1) is 6.26 Å². The van der Waals surface area contributed by atoms with E-state index < -0.39 is 0 Å². The van der Waals surface area contributed by atoms with Crippen molar-refractivity contribution in [2.45, 2.75) is 18.8 Å². The van der Waals surface area contributed by atoms with Gasteiger partial charge < -0.3 is 14.3 Å². The highest BCUT2D eigenvalue weighted by atomic mass is 16.3. The molecule has 1 amide bonds. The smallest absolute Gasteiger partial charge is 0.289 e. The molecule has 1 aliphatic rings. The molecule has 3 heterocycles. The lowest BCUT2D eigenvalue weighted by Crippen LogP contribution is -2.37. The van der Waals surface area contributed by atoms with Gasteiger partial charge in [-0.2, -0.15) is 0 Å². The van der Waals surface area contributed by atoms with Crippen molar-refractivity contribution in [2.75, 3.05) is 13.1 Å². The van der Waals surface area contributed by atoms with Crippen LogP contribution < -0.4 is 0 Å². The molecule has 4 rings (SSSR count). The minimum absolute atomic E-state index is 0.00220. The zero-order valence-corrected chi connectivity index (χ0v) is 12.3. The average Bonchev–Trinajstić information content (AvgIpc) is 3.24. The maximum atomic E-state index is 12.3. The number of aromatic nitrogens is 1. The lowest BCUT2D eigenvalue weighted by atomic mass is 9.89. The van der Waals surface area contributed by atoms with Crippen LogP contribution in [-0.4, -0.2) is 28.9 Å². The van der Waals surface area contributed by atoms with E-state index in [1.807, 2.05) is 11.0 Å². The van der Waals surface area contributed by atoms with Crippen LogP contribution in [0.1, 0.15) is 34.9 Å². The van der Waals surface area contributed by atoms with Gasteiger partial charge in [-0.15, -0.1) is 0 Å². The van der Waals surface area contributed by atoms with Crippen molar-refractivity contribution in [1.29, 1.82) is 0 Å². The third-order valence-electron chi connectivity index (χ3n) is 4.58. The number of nitrogens with one attached hydrogen (secondary N) is 1. The summed E-state index contributed by atoms with van der Waals surface area (Å²) in [6.07, 6.45) is 5.66. The van der Waals surface area contributed by atoms with Gasteiger partial charge in [-0.05, 0) is 42.5 Å². The normalized spacial score (nSPS) is 16.3. The number of carbonyl (C=O) groups excluding carboxylic acids is 1. The number of piperidine rings is 1. The zero-order valence-electron chi connectivity index (χ0n) is 12.3. The molecule has 1 aliphatic heterocycles. The Bertz CT molecular complexity index is 780. The number of H-pyrrole nitrogens is 1. The molecule has 0 aliphatic carbocycles. The Labute approximate surface area is 128 Å². The van der Waals surface area contributed by atoms with Gasteiger partial charge in [-0.1, -0.05) is 18.2 Å². The van der Waals surface area contributed by atoms with Crippen molar-refractivity contribution in [1.82, 2.24) is 9.88 Å². The van der Waals surface area contributed by atoms with E-state index in [2.05, 4.69) is 29.4 Å². The Morgan fingerprint density at radius 3 is 2.73 bits per heavy atom. The van der Waals surface area contributed by atoms with E-state index >= 15 is 0 Å². The lowest BCUT2D eigenvalue weighted by Gasteiger charge is -2.31. The largest absolute Gasteiger partial charge is 0.459 e. The number of furan rings is 1. The van der Waals surface area contributed by atoms with Crippen molar-refractivity contribution >= 4 is 16.8 Å². The summed E-state index contributed by atoms with van der Waals surface area (Å²) in [5.74, 6) is 0.949. The maximum Gasteiger partial charge on any atom is 0.289 e. The van der Waals surface area contributed by atoms with E-state index in [0.29, 0.717) is 11.7 Å². The molecule has 4 nitrogen and oxygen atoms in total. The van der Waals surface area contributed by atoms with Crippen LogP contribution in [0, 0.1) is 0 Å². The molecule has 3 aromatic rings. The fourth-order valence-electron chi connectivity index (χ4n) is 3.38. The molecule has 0 saturated carbocycles. The third kappa shape index (κ3) is 2.21. The molecule has 0 spiro atoms. The molecule has 22 heavy (non-hydrogen) atoms. The molecule has 1 saturated heterocycles. The van der Waals surface area contributed by atoms with Crippen LogP contribution in [0.2, 0.25) is 0 Å². The fourth-order valence-corrected chi connectivity index (χ4v) is 3.38. The second kappa shape index (κ2) is 5.37. The second-order valence-electron chi connectivity index (χ2n) is 5.83. The molecule has 0 atom stereocenters. The maximum absolute atomic E-state index is 12.3. The van der Waals surface area contributed by atoms with Crippen molar-refractivity contribution in [3.05, 3.63) is 60.2 Å². The third-order valence-corrected chi connectivity index (χ3v) is 4.58. The Hall–Kier alpha value is -2.49. The van der Waals surface area contributed by atoms with Gasteiger partial charge in [0.1, 0.15) is 0 Å². The van der Waals surface area contributed by atoms with Gasteiger partial charge in [-0.3, -0.25) is 4.79 Å². The highest BCUT2D eigenvalue weighted by Gasteiger charge is 2.26. The first-order chi connectivity index (χ1) is 10.8. The highest BCUT2D eigenvalue weighted by Crippen LogP contribution is 2.33. The van der Waals surface area contributed by atoms with Gasteiger partial charge in [0.25, 0.3) is 5.91 Å². The zero-order chi connectivity index (χ0) is 14.9. The van der Waals surface area contributed by atoms with Crippen LogP contribution in [0.3, 0.4) is 0 Å². The lowest BCUT2D eigenvalue weighted by molar-refractivity contribution is 0.0681. The highest BCUT2D eigenvalue weighted by molar-refractivity contribution is 5.91. The SMILES string of the molecule is O=C(c1ccco1)N1CCC(c2c[nH]c3ccccc23)CC1. The molecule has 1 N–H and O–H groups in total. The summed E-state index contributed by atoms with van der Waals surface area (Å²) in [6.45, 7) is 1.56. The number of amides is 1. The summed E-state index contributed by atoms with van der Waals surface area (Å²) in [4.78, 5) is 17.5. The molecular weight excluding hydrogens is 276 g/mol. The van der Waals surface area contributed by atoms with E-state index in [1.54, 1.807) is 18.4 Å². The Morgan fingerprint density at radius 2 is 1.95 bits per heavy atom. The van der Waals surface area contributed by atoms with Crippen molar-refractivity contribution in [3.63, 3.8) is 0 Å². The number of hydrogen-bond donors (Lipinski definition) is 1. The van der Waals surface area contributed by atoms with Crippen LogP contribution in [0.5, 0.6) is 0 Å². The first kappa shape index (κ1) is 13.2. The number of likely N-dealkylation sites (tertiary alicyclic amines) is 1. The average molecular weight is 294 g/mol. The van der Waals surface area contributed by atoms with Gasteiger partial charge in [0.2, 0.25) is 0 Å². The Kier molecular flexibility index (Phi) is 3.22. The molecule has 112 valence electrons. The van der Waals surface area contributed by atoms with E-state index in [0.717, 1.165) is 25.9 Å². The van der Waals surface area contributed by atoms with Gasteiger partial charge in [-0.25, -0.2) is 0 Å². The molecule has 0 radical (unpaired) electrons. The topological polar surface area (TPSA) is 49.2 Å². The van der Waals surface area contributed by atoms with E-state index in [9.17, 15) is 4.79 Å². The number of carbonyl (C=O) groups is 1. The van der Waals surface area contributed by atoms with Crippen molar-refractivity contribution in [3.8, 4) is 0 Å². The number of benzene rings is 1. The molecule has 2 aromatic heterocycles. The van der Waals surface area contributed by atoms with Crippen molar-refractivity contribution in [2.24, 2.45) is 0 Å². The monoisotopic (exact) mass is 294 g/mol. The number of nitrogens with zero attached hydrogens (tertiary/aromatic N) is 1. The standard InChI is InChI=1S/C18H18N2O2/c21-18(17-6-3-11-22-17)20-9-7-13(8-10-20)15-12-19-16-5-2-1-4-14(15)16/h1-6,11-13,19H,7-10H2. The molecule has 1 fully saturated rings. The van der Waals surface area contributed by atoms with Crippen LogP contribution in [0.25, 0.3) is 10.9 Å². The summed E-state index contributed by atoms with van der Waals surface area (Å²) >= 11 is 0. The number of para-hydroxylation sites is 1. The summed E-state index contributed by atoms with van der Waals surface area (Å²) < 4.78 is 5.21. The minimum atomic E-state index is 0.00220. The van der Waals surface area contributed by atoms with E-state index in [1.165, 1.54) is 16.5 Å². The number of fused-ring (bicyclic) bond motifs is 1. The molecular formula is C18H18N2O2. The van der Waals surface area contributed by atoms with Crippen molar-refractivity contribution < 1.29 is 9.21 Å². The molecule has 4 heteroatoms. The van der Waals surface area contributed by atoms with Crippen LogP contribution in [0.15, 0.2) is 53.3 Å². The molecule has 0 bridgehead atoms. The minimum Gasteiger partial charge on any atom is -0.459 e. The Morgan fingerprint density at radius 1 is 1.14 bits per heavy atom. The Balaban J connectivity index is 1.49. The predicted molar refractivity (Wildman–Crippen MR) is 84.9 cm³/mol. The van der Waals surface area contributed by atoms with Crippen LogP contribution >= 0.6 is 0 Å². The molecule has 0 unspecified atom stereocenters. The van der Waals surface area contributed by atoms with E-state index in [4.69, 9.17) is 4.42 Å². The summed E-state index contributed by atoms with van der Waals surface area (Å²) in [7, 11) is 0. The summed E-state index contributed by atoms with van der Waals surface area (Å²) in [6, 6.07) is 11.9. The van der Waals surface area contributed by atoms with E-state index in [-0.39, 0.29) is 5.91 Å². The first-order valence-corrected chi connectivity index (χ1v) is 7.72.